The predicted octanol–water partition coefficient (Wildman–Crippen LogP) is 3.87. The highest BCUT2D eigenvalue weighted by Gasteiger charge is 2.26. The van der Waals surface area contributed by atoms with Gasteiger partial charge < -0.3 is 0 Å². The Bertz CT molecular complexity index is 387. The average molecular weight is 289 g/mol. The van der Waals surface area contributed by atoms with Gasteiger partial charge >= 0.3 is 0 Å². The van der Waals surface area contributed by atoms with E-state index < -0.39 is 15.6 Å². The fourth-order valence-corrected chi connectivity index (χ4v) is 2.66. The Hall–Kier alpha value is -0.350. The maximum atomic E-state index is 11.8. The molecule has 0 unspecified atom stereocenters. The van der Waals surface area contributed by atoms with Crippen LogP contribution in [0.1, 0.15) is 67.7 Å². The predicted molar refractivity (Wildman–Crippen MR) is 83.7 cm³/mol. The second-order valence-electron chi connectivity index (χ2n) is 7.35. The van der Waals surface area contributed by atoms with E-state index in [2.05, 4.69) is 37.6 Å². The fourth-order valence-electron chi connectivity index (χ4n) is 1.55. The molecule has 0 aromatic carbocycles. The summed E-state index contributed by atoms with van der Waals surface area (Å²) in [5.74, 6) is 0. The third kappa shape index (κ3) is 9.22. The number of hydrogen-bond donors (Lipinski definition) is 1. The first kappa shape index (κ1) is 18.7. The quantitative estimate of drug-likeness (QED) is 0.723. The van der Waals surface area contributed by atoms with E-state index in [1.165, 1.54) is 0 Å². The first-order valence-corrected chi connectivity index (χ1v) is 8.58. The molecule has 0 aliphatic rings. The van der Waals surface area contributed by atoms with Gasteiger partial charge in [-0.1, -0.05) is 32.9 Å². The molecule has 0 amide bonds. The molecule has 0 aromatic heterocycles. The topological polar surface area (TPSA) is 46.2 Å². The average Bonchev–Trinajstić information content (AvgIpc) is 2.12. The molecule has 0 heterocycles. The summed E-state index contributed by atoms with van der Waals surface area (Å²) >= 11 is 0. The van der Waals surface area contributed by atoms with Crippen molar-refractivity contribution >= 4 is 10.0 Å². The van der Waals surface area contributed by atoms with Crippen molar-refractivity contribution in [3.8, 4) is 0 Å². The highest BCUT2D eigenvalue weighted by molar-refractivity contribution is 7.90. The highest BCUT2D eigenvalue weighted by Crippen LogP contribution is 2.20. The molecule has 0 aromatic rings. The maximum Gasteiger partial charge on any atom is 0.214 e. The summed E-state index contributed by atoms with van der Waals surface area (Å²) in [7, 11) is -3.20. The van der Waals surface area contributed by atoms with Gasteiger partial charge in [0, 0.05) is 5.54 Å². The molecule has 0 aliphatic heterocycles. The van der Waals surface area contributed by atoms with Gasteiger partial charge in [-0.15, -0.1) is 0 Å². The third-order valence-corrected chi connectivity index (χ3v) is 4.95. The second kappa shape index (κ2) is 6.89. The van der Waals surface area contributed by atoms with Crippen LogP contribution in [0.3, 0.4) is 0 Å². The van der Waals surface area contributed by atoms with E-state index in [4.69, 9.17) is 0 Å². The fraction of sp³-hybridized carbons (Fsp3) is 0.867. The van der Waals surface area contributed by atoms with E-state index in [0.29, 0.717) is 5.41 Å². The molecule has 3 nitrogen and oxygen atoms in total. The molecule has 0 atom stereocenters. The van der Waals surface area contributed by atoms with Crippen molar-refractivity contribution in [2.75, 3.05) is 0 Å². The Morgan fingerprint density at radius 2 is 1.58 bits per heavy atom. The number of rotatable bonds is 7. The van der Waals surface area contributed by atoms with Crippen molar-refractivity contribution in [3.63, 3.8) is 0 Å². The van der Waals surface area contributed by atoms with Crippen LogP contribution in [0.5, 0.6) is 0 Å². The molecule has 0 spiro atoms. The van der Waals surface area contributed by atoms with E-state index in [1.54, 1.807) is 13.8 Å². The minimum absolute atomic E-state index is 0.311. The maximum absolute atomic E-state index is 11.8. The van der Waals surface area contributed by atoms with Crippen LogP contribution in [0.25, 0.3) is 0 Å². The Kier molecular flexibility index (Phi) is 6.76. The molecular weight excluding hydrogens is 258 g/mol. The molecule has 0 aliphatic carbocycles. The SMILES string of the molecule is CC(C)S(=O)(=O)NC(C)(C)CC/C=C/CC(C)(C)C. The van der Waals surface area contributed by atoms with Crippen LogP contribution in [-0.4, -0.2) is 19.2 Å². The van der Waals surface area contributed by atoms with Gasteiger partial charge in [0.1, 0.15) is 0 Å². The van der Waals surface area contributed by atoms with Crippen LogP contribution in [0.2, 0.25) is 0 Å². The zero-order chi connectivity index (χ0) is 15.3. The summed E-state index contributed by atoms with van der Waals surface area (Å²) in [5.41, 5.74) is -0.0829. The molecule has 0 fully saturated rings. The molecule has 4 heteroatoms. The molecule has 0 rings (SSSR count). The van der Waals surface area contributed by atoms with Crippen LogP contribution in [0.15, 0.2) is 12.2 Å². The lowest BCUT2D eigenvalue weighted by Crippen LogP contribution is -2.46. The lowest BCUT2D eigenvalue weighted by atomic mass is 9.92. The van der Waals surface area contributed by atoms with E-state index in [1.807, 2.05) is 13.8 Å². The highest BCUT2D eigenvalue weighted by atomic mass is 32.2. The van der Waals surface area contributed by atoms with E-state index in [0.717, 1.165) is 19.3 Å². The molecular formula is C15H31NO2S. The monoisotopic (exact) mass is 289 g/mol. The van der Waals surface area contributed by atoms with Crippen molar-refractivity contribution in [1.82, 2.24) is 4.72 Å². The van der Waals surface area contributed by atoms with Crippen molar-refractivity contribution in [2.45, 2.75) is 78.5 Å². The third-order valence-electron chi connectivity index (χ3n) is 2.87. The van der Waals surface area contributed by atoms with Gasteiger partial charge in [0.15, 0.2) is 0 Å². The minimum Gasteiger partial charge on any atom is -0.212 e. The Morgan fingerprint density at radius 3 is 2.00 bits per heavy atom. The van der Waals surface area contributed by atoms with Crippen LogP contribution >= 0.6 is 0 Å². The van der Waals surface area contributed by atoms with Gasteiger partial charge in [-0.05, 0) is 52.4 Å². The minimum atomic E-state index is -3.20. The molecule has 114 valence electrons. The first-order chi connectivity index (χ1) is 8.36. The lowest BCUT2D eigenvalue weighted by Gasteiger charge is -2.26. The molecule has 0 bridgehead atoms. The summed E-state index contributed by atoms with van der Waals surface area (Å²) < 4.78 is 26.5. The summed E-state index contributed by atoms with van der Waals surface area (Å²) in [5, 5.41) is -0.386. The summed E-state index contributed by atoms with van der Waals surface area (Å²) in [6, 6.07) is 0. The second-order valence-corrected chi connectivity index (χ2v) is 9.59. The van der Waals surface area contributed by atoms with E-state index in [9.17, 15) is 8.42 Å². The van der Waals surface area contributed by atoms with Gasteiger partial charge in [-0.3, -0.25) is 0 Å². The van der Waals surface area contributed by atoms with Crippen LogP contribution < -0.4 is 4.72 Å². The normalized spacial score (nSPS) is 14.5. The first-order valence-electron chi connectivity index (χ1n) is 7.03. The van der Waals surface area contributed by atoms with Gasteiger partial charge in [-0.25, -0.2) is 13.1 Å². The zero-order valence-electron chi connectivity index (χ0n) is 13.6. The standard InChI is InChI=1S/C15H31NO2S/c1-13(2)19(17,18)16-15(6,7)12-10-8-9-11-14(3,4)5/h8-9,13,16H,10-12H2,1-7H3/b9-8+. The zero-order valence-corrected chi connectivity index (χ0v) is 14.4. The van der Waals surface area contributed by atoms with Crippen LogP contribution in [0, 0.1) is 5.41 Å². The van der Waals surface area contributed by atoms with Crippen molar-refractivity contribution in [3.05, 3.63) is 12.2 Å². The number of hydrogen-bond acceptors (Lipinski definition) is 2. The van der Waals surface area contributed by atoms with Gasteiger partial charge in [-0.2, -0.15) is 0 Å². The van der Waals surface area contributed by atoms with Gasteiger partial charge in [0.2, 0.25) is 10.0 Å². The largest absolute Gasteiger partial charge is 0.214 e. The van der Waals surface area contributed by atoms with Crippen molar-refractivity contribution in [1.29, 1.82) is 0 Å². The Balaban J connectivity index is 4.26. The Labute approximate surface area is 119 Å². The number of sulfonamides is 1. The number of allylic oxidation sites excluding steroid dienone is 2. The van der Waals surface area contributed by atoms with Crippen LogP contribution in [0.4, 0.5) is 0 Å². The summed E-state index contributed by atoms with van der Waals surface area (Å²) in [6.45, 7) is 13.9. The van der Waals surface area contributed by atoms with E-state index in [-0.39, 0.29) is 5.25 Å². The Morgan fingerprint density at radius 1 is 1.05 bits per heavy atom. The molecule has 0 radical (unpaired) electrons. The van der Waals surface area contributed by atoms with Gasteiger partial charge in [0.05, 0.1) is 5.25 Å². The lowest BCUT2D eigenvalue weighted by molar-refractivity contribution is 0.415. The molecule has 0 saturated carbocycles. The van der Waals surface area contributed by atoms with Crippen molar-refractivity contribution < 1.29 is 8.42 Å². The van der Waals surface area contributed by atoms with Crippen molar-refractivity contribution in [2.24, 2.45) is 5.41 Å². The van der Waals surface area contributed by atoms with Crippen LogP contribution in [-0.2, 0) is 10.0 Å². The van der Waals surface area contributed by atoms with E-state index >= 15 is 0 Å². The molecule has 19 heavy (non-hydrogen) atoms. The van der Waals surface area contributed by atoms with Gasteiger partial charge in [0.25, 0.3) is 0 Å². The summed E-state index contributed by atoms with van der Waals surface area (Å²) in [4.78, 5) is 0. The smallest absolute Gasteiger partial charge is 0.212 e. The molecule has 0 saturated heterocycles. The number of nitrogens with one attached hydrogen (secondary N) is 1. The summed E-state index contributed by atoms with van der Waals surface area (Å²) in [6.07, 6.45) is 7.08. The molecule has 1 N–H and O–H groups in total.